The average molecular weight is 450 g/mol. The minimum absolute atomic E-state index is 0.291. The van der Waals surface area contributed by atoms with Gasteiger partial charge in [-0.25, -0.2) is 9.50 Å². The zero-order valence-corrected chi connectivity index (χ0v) is 19.3. The number of benzene rings is 2. The predicted molar refractivity (Wildman–Crippen MR) is 129 cm³/mol. The molecular formula is C24H27N5O2S. The molecule has 2 aromatic carbocycles. The molecule has 7 nitrogen and oxygen atoms in total. The van der Waals surface area contributed by atoms with Gasteiger partial charge in [0, 0.05) is 45.3 Å². The normalized spacial score (nSPS) is 12.4. The van der Waals surface area contributed by atoms with E-state index in [2.05, 4.69) is 29.0 Å². The van der Waals surface area contributed by atoms with Crippen molar-refractivity contribution in [2.45, 2.75) is 25.3 Å². The smallest absolute Gasteiger partial charge is 0.154 e. The number of nitrogens with zero attached hydrogens (tertiary/aromatic N) is 4. The second-order valence-corrected chi connectivity index (χ2v) is 8.92. The van der Waals surface area contributed by atoms with Gasteiger partial charge in [0.2, 0.25) is 0 Å². The third kappa shape index (κ3) is 4.66. The molecule has 166 valence electrons. The Bertz CT molecular complexity index is 1250. The number of fused-ring (bicyclic) bond motifs is 1. The first-order valence-electron chi connectivity index (χ1n) is 10.6. The van der Waals surface area contributed by atoms with Gasteiger partial charge in [-0.3, -0.25) is 9.11 Å². The van der Waals surface area contributed by atoms with Crippen LogP contribution < -0.4 is 5.32 Å². The Morgan fingerprint density at radius 3 is 2.50 bits per heavy atom. The van der Waals surface area contributed by atoms with Crippen molar-refractivity contribution in [3.8, 4) is 17.0 Å². The van der Waals surface area contributed by atoms with Gasteiger partial charge in [0.05, 0.1) is 11.9 Å². The van der Waals surface area contributed by atoms with Crippen LogP contribution in [0.5, 0.6) is 5.75 Å². The van der Waals surface area contributed by atoms with Crippen molar-refractivity contribution >= 4 is 28.0 Å². The highest BCUT2D eigenvalue weighted by molar-refractivity contribution is 7.84. The summed E-state index contributed by atoms with van der Waals surface area (Å²) in [7, 11) is -1.02. The van der Waals surface area contributed by atoms with Gasteiger partial charge in [-0.2, -0.15) is 0 Å². The molecule has 0 fully saturated rings. The van der Waals surface area contributed by atoms with E-state index in [1.807, 2.05) is 48.5 Å². The van der Waals surface area contributed by atoms with Crippen molar-refractivity contribution in [1.29, 1.82) is 0 Å². The monoisotopic (exact) mass is 449 g/mol. The van der Waals surface area contributed by atoms with E-state index in [1.165, 1.54) is 0 Å². The lowest BCUT2D eigenvalue weighted by Crippen LogP contribution is -2.22. The number of aromatic nitrogens is 3. The molecule has 8 heteroatoms. The summed E-state index contributed by atoms with van der Waals surface area (Å²) < 4.78 is 13.5. The van der Waals surface area contributed by atoms with E-state index in [4.69, 9.17) is 5.10 Å². The zero-order valence-electron chi connectivity index (χ0n) is 18.4. The van der Waals surface area contributed by atoms with Crippen LogP contribution in [0, 0.1) is 0 Å². The minimum atomic E-state index is -1.02. The molecule has 32 heavy (non-hydrogen) atoms. The Morgan fingerprint density at radius 2 is 1.81 bits per heavy atom. The highest BCUT2D eigenvalue weighted by Gasteiger charge is 2.11. The van der Waals surface area contributed by atoms with Gasteiger partial charge < -0.3 is 10.4 Å². The fourth-order valence-corrected chi connectivity index (χ4v) is 4.10. The van der Waals surface area contributed by atoms with Crippen molar-refractivity contribution < 1.29 is 9.32 Å². The van der Waals surface area contributed by atoms with Crippen LogP contribution in [-0.4, -0.2) is 48.2 Å². The molecule has 4 rings (SSSR count). The molecule has 0 radical (unpaired) electrons. The van der Waals surface area contributed by atoms with Gasteiger partial charge in [0.15, 0.2) is 11.5 Å². The van der Waals surface area contributed by atoms with Gasteiger partial charge in [-0.15, -0.1) is 5.10 Å². The summed E-state index contributed by atoms with van der Waals surface area (Å²) in [4.78, 5) is 7.49. The maximum atomic E-state index is 11.7. The molecular weight excluding hydrogens is 422 g/mol. The van der Waals surface area contributed by atoms with Crippen molar-refractivity contribution in [3.05, 3.63) is 66.4 Å². The number of hydrogen-bond donors (Lipinski definition) is 2. The Kier molecular flexibility index (Phi) is 6.53. The second kappa shape index (κ2) is 9.50. The van der Waals surface area contributed by atoms with Crippen molar-refractivity contribution in [2.24, 2.45) is 0 Å². The van der Waals surface area contributed by atoms with Crippen LogP contribution in [0.15, 0.2) is 65.7 Å². The van der Waals surface area contributed by atoms with Crippen LogP contribution in [0.4, 0.5) is 11.5 Å². The van der Waals surface area contributed by atoms with Crippen LogP contribution >= 0.6 is 0 Å². The summed E-state index contributed by atoms with van der Waals surface area (Å²) in [5.74, 6) is 0.960. The van der Waals surface area contributed by atoms with Crippen LogP contribution in [0.2, 0.25) is 0 Å². The maximum Gasteiger partial charge on any atom is 0.154 e. The standard InChI is InChI=1S/C24H27N5O2S/c1-4-28(5-2)16-18-14-19(8-11-22(18)30)26-23-12-13-24-25-15-21(29(24)27-23)17-6-9-20(10-7-17)32(3)31/h6-15,30H,4-5,16H2,1-3H3,(H,26,27). The van der Waals surface area contributed by atoms with Gasteiger partial charge >= 0.3 is 0 Å². The molecule has 0 aliphatic rings. The molecule has 1 unspecified atom stereocenters. The summed E-state index contributed by atoms with van der Waals surface area (Å²) in [5, 5.41) is 18.3. The van der Waals surface area contributed by atoms with Gasteiger partial charge in [0.25, 0.3) is 0 Å². The van der Waals surface area contributed by atoms with Crippen LogP contribution in [-0.2, 0) is 17.3 Å². The maximum absolute atomic E-state index is 11.7. The second-order valence-electron chi connectivity index (χ2n) is 7.54. The average Bonchev–Trinajstić information content (AvgIpc) is 3.22. The van der Waals surface area contributed by atoms with E-state index in [0.717, 1.165) is 46.1 Å². The number of aromatic hydroxyl groups is 1. The van der Waals surface area contributed by atoms with Crippen LogP contribution in [0.1, 0.15) is 19.4 Å². The van der Waals surface area contributed by atoms with Crippen LogP contribution in [0.3, 0.4) is 0 Å². The van der Waals surface area contributed by atoms with Crippen molar-refractivity contribution in [2.75, 3.05) is 24.7 Å². The number of hydrogen-bond acceptors (Lipinski definition) is 6. The number of phenolic OH excluding ortho intramolecular Hbond substituents is 1. The van der Waals surface area contributed by atoms with E-state index >= 15 is 0 Å². The molecule has 2 aromatic heterocycles. The Morgan fingerprint density at radius 1 is 1.06 bits per heavy atom. The van der Waals surface area contributed by atoms with Gasteiger partial charge in [-0.05, 0) is 55.6 Å². The lowest BCUT2D eigenvalue weighted by atomic mass is 10.1. The fraction of sp³-hybridized carbons (Fsp3) is 0.250. The topological polar surface area (TPSA) is 82.8 Å². The number of rotatable bonds is 8. The Balaban J connectivity index is 1.62. The molecule has 0 aliphatic heterocycles. The quantitative estimate of drug-likeness (QED) is 0.388. The summed E-state index contributed by atoms with van der Waals surface area (Å²) in [6.45, 7) is 6.75. The molecule has 0 spiro atoms. The highest BCUT2D eigenvalue weighted by atomic mass is 32.2. The third-order valence-electron chi connectivity index (χ3n) is 5.48. The van der Waals surface area contributed by atoms with E-state index in [-0.39, 0.29) is 0 Å². The molecule has 0 aliphatic carbocycles. The third-order valence-corrected chi connectivity index (χ3v) is 6.42. The first kappa shape index (κ1) is 22.0. The van der Waals surface area contributed by atoms with E-state index in [0.29, 0.717) is 18.1 Å². The number of anilines is 2. The van der Waals surface area contributed by atoms with Crippen molar-refractivity contribution in [3.63, 3.8) is 0 Å². The first-order valence-corrected chi connectivity index (χ1v) is 12.1. The van der Waals surface area contributed by atoms with E-state index in [9.17, 15) is 9.32 Å². The largest absolute Gasteiger partial charge is 0.508 e. The lowest BCUT2D eigenvalue weighted by molar-refractivity contribution is 0.291. The first-order chi connectivity index (χ1) is 15.5. The lowest BCUT2D eigenvalue weighted by Gasteiger charge is -2.19. The van der Waals surface area contributed by atoms with E-state index < -0.39 is 10.8 Å². The molecule has 4 aromatic rings. The molecule has 0 bridgehead atoms. The van der Waals surface area contributed by atoms with Crippen molar-refractivity contribution in [1.82, 2.24) is 19.5 Å². The van der Waals surface area contributed by atoms with E-state index in [1.54, 1.807) is 23.0 Å². The summed E-state index contributed by atoms with van der Waals surface area (Å²) in [6, 6.07) is 16.9. The number of phenols is 1. The number of nitrogens with one attached hydrogen (secondary N) is 1. The number of imidazole rings is 1. The highest BCUT2D eigenvalue weighted by Crippen LogP contribution is 2.26. The van der Waals surface area contributed by atoms with Gasteiger partial charge in [0.1, 0.15) is 5.75 Å². The molecule has 0 saturated heterocycles. The SMILES string of the molecule is CCN(CC)Cc1cc(Nc2ccc3ncc(-c4ccc(S(C)=O)cc4)n3n2)ccc1O. The Labute approximate surface area is 190 Å². The van der Waals surface area contributed by atoms with Crippen LogP contribution in [0.25, 0.3) is 16.9 Å². The molecule has 0 saturated carbocycles. The summed E-state index contributed by atoms with van der Waals surface area (Å²) in [5.41, 5.74) is 4.26. The molecule has 2 N–H and O–H groups in total. The van der Waals surface area contributed by atoms with Gasteiger partial charge in [-0.1, -0.05) is 26.0 Å². The molecule has 2 heterocycles. The molecule has 1 atom stereocenters. The zero-order chi connectivity index (χ0) is 22.7. The Hall–Kier alpha value is -3.23. The molecule has 0 amide bonds. The minimum Gasteiger partial charge on any atom is -0.508 e. The summed E-state index contributed by atoms with van der Waals surface area (Å²) >= 11 is 0. The summed E-state index contributed by atoms with van der Waals surface area (Å²) in [6.07, 6.45) is 3.45. The predicted octanol–water partition coefficient (Wildman–Crippen LogP) is 4.42. The fourth-order valence-electron chi connectivity index (χ4n) is 3.58.